The van der Waals surface area contributed by atoms with Gasteiger partial charge < -0.3 is 14.8 Å². The van der Waals surface area contributed by atoms with Gasteiger partial charge in [0.05, 0.1) is 29.6 Å². The van der Waals surface area contributed by atoms with E-state index in [1.165, 1.54) is 25.5 Å². The largest absolute Gasteiger partial charge is 0.495 e. The lowest BCUT2D eigenvalue weighted by Gasteiger charge is -2.24. The van der Waals surface area contributed by atoms with Crippen molar-refractivity contribution in [3.8, 4) is 11.5 Å². The number of anilines is 2. The van der Waals surface area contributed by atoms with Gasteiger partial charge in [0.25, 0.3) is 21.8 Å². The molecule has 0 bridgehead atoms. The maximum atomic E-state index is 13.5. The van der Waals surface area contributed by atoms with Crippen molar-refractivity contribution in [1.29, 1.82) is 0 Å². The molecule has 44 heavy (non-hydrogen) atoms. The lowest BCUT2D eigenvalue weighted by atomic mass is 10.0. The van der Waals surface area contributed by atoms with E-state index in [0.717, 1.165) is 9.87 Å². The predicted octanol–water partition coefficient (Wildman–Crippen LogP) is 5.18. The first-order chi connectivity index (χ1) is 21.2. The highest BCUT2D eigenvalue weighted by atomic mass is 32.2. The Hall–Kier alpha value is -5.16. The summed E-state index contributed by atoms with van der Waals surface area (Å²) in [5.41, 5.74) is 5.01. The molecule has 10 nitrogen and oxygen atoms in total. The minimum atomic E-state index is -4.03. The Bertz CT molecular complexity index is 1690. The highest BCUT2D eigenvalue weighted by molar-refractivity contribution is 7.92. The molecule has 0 aromatic heterocycles. The molecule has 0 aliphatic rings. The highest BCUT2D eigenvalue weighted by Crippen LogP contribution is 2.26. The number of benzene rings is 4. The van der Waals surface area contributed by atoms with Crippen molar-refractivity contribution in [1.82, 2.24) is 5.43 Å². The van der Waals surface area contributed by atoms with Crippen molar-refractivity contribution in [3.05, 3.63) is 114 Å². The van der Waals surface area contributed by atoms with Crippen LogP contribution in [0.3, 0.4) is 0 Å². The third-order valence-electron chi connectivity index (χ3n) is 6.50. The summed E-state index contributed by atoms with van der Waals surface area (Å²) in [5.74, 6) is 0.316. The van der Waals surface area contributed by atoms with E-state index in [0.29, 0.717) is 28.4 Å². The first kappa shape index (κ1) is 31.8. The fraction of sp³-hybridized carbons (Fsp3) is 0.182. The van der Waals surface area contributed by atoms with Crippen LogP contribution < -0.4 is 24.5 Å². The minimum absolute atomic E-state index is 0.0730. The molecular weight excluding hydrogens is 580 g/mol. The van der Waals surface area contributed by atoms with E-state index < -0.39 is 22.5 Å². The summed E-state index contributed by atoms with van der Waals surface area (Å²) in [6.45, 7) is 3.41. The molecule has 4 rings (SSSR count). The van der Waals surface area contributed by atoms with Gasteiger partial charge in [-0.15, -0.1) is 0 Å². The molecule has 0 radical (unpaired) electrons. The summed E-state index contributed by atoms with van der Waals surface area (Å²) in [4.78, 5) is 25.2. The molecule has 0 aliphatic carbocycles. The van der Waals surface area contributed by atoms with Crippen LogP contribution in [0.4, 0.5) is 11.4 Å². The van der Waals surface area contributed by atoms with E-state index in [1.807, 2.05) is 26.0 Å². The van der Waals surface area contributed by atoms with Gasteiger partial charge in [-0.1, -0.05) is 56.3 Å². The van der Waals surface area contributed by atoms with E-state index in [9.17, 15) is 18.0 Å². The van der Waals surface area contributed by atoms with E-state index in [1.54, 1.807) is 78.9 Å². The van der Waals surface area contributed by atoms with Gasteiger partial charge >= 0.3 is 0 Å². The summed E-state index contributed by atoms with van der Waals surface area (Å²) < 4.78 is 38.8. The number of nitrogens with zero attached hydrogens (tertiary/aromatic N) is 2. The van der Waals surface area contributed by atoms with Crippen LogP contribution >= 0.6 is 0 Å². The Kier molecular flexibility index (Phi) is 10.7. The fourth-order valence-electron chi connectivity index (χ4n) is 4.14. The van der Waals surface area contributed by atoms with E-state index in [-0.39, 0.29) is 23.3 Å². The number of rotatable bonds is 13. The number of hydrogen-bond acceptors (Lipinski definition) is 7. The Balaban J connectivity index is 1.35. The number of para-hydroxylation sites is 2. The number of methoxy groups -OCH3 is 1. The summed E-state index contributed by atoms with van der Waals surface area (Å²) in [7, 11) is -2.50. The molecule has 0 aliphatic heterocycles. The van der Waals surface area contributed by atoms with Crippen LogP contribution in [0.5, 0.6) is 11.5 Å². The lowest BCUT2D eigenvalue weighted by Crippen LogP contribution is -2.39. The van der Waals surface area contributed by atoms with Crippen LogP contribution in [0.25, 0.3) is 0 Å². The van der Waals surface area contributed by atoms with E-state index in [2.05, 4.69) is 15.8 Å². The van der Waals surface area contributed by atoms with Crippen molar-refractivity contribution in [3.63, 3.8) is 0 Å². The molecule has 0 saturated heterocycles. The van der Waals surface area contributed by atoms with Crippen LogP contribution in [0.1, 0.15) is 30.9 Å². The Morgan fingerprint density at radius 3 is 2.18 bits per heavy atom. The van der Waals surface area contributed by atoms with Gasteiger partial charge in [-0.3, -0.25) is 13.9 Å². The molecule has 228 valence electrons. The number of hydrogen-bond donors (Lipinski definition) is 2. The predicted molar refractivity (Wildman–Crippen MR) is 171 cm³/mol. The third kappa shape index (κ3) is 8.45. The molecule has 2 amide bonds. The number of carbonyl (C=O) groups excluding carboxylic acids is 2. The molecule has 0 atom stereocenters. The quantitative estimate of drug-likeness (QED) is 0.158. The first-order valence-corrected chi connectivity index (χ1v) is 15.3. The van der Waals surface area contributed by atoms with Gasteiger partial charge in [0, 0.05) is 0 Å². The number of ether oxygens (including phenoxy) is 2. The number of amides is 2. The van der Waals surface area contributed by atoms with Crippen LogP contribution in [-0.2, 0) is 19.6 Å². The first-order valence-electron chi connectivity index (χ1n) is 13.8. The van der Waals surface area contributed by atoms with Crippen molar-refractivity contribution in [2.24, 2.45) is 5.10 Å². The molecule has 4 aromatic carbocycles. The topological polar surface area (TPSA) is 126 Å². The summed E-state index contributed by atoms with van der Waals surface area (Å²) in [6.07, 6.45) is 1.42. The molecule has 2 N–H and O–H groups in total. The van der Waals surface area contributed by atoms with Crippen LogP contribution in [-0.4, -0.2) is 46.7 Å². The second kappa shape index (κ2) is 14.8. The zero-order chi connectivity index (χ0) is 31.5. The monoisotopic (exact) mass is 614 g/mol. The Morgan fingerprint density at radius 2 is 1.52 bits per heavy atom. The average Bonchev–Trinajstić information content (AvgIpc) is 3.04. The summed E-state index contributed by atoms with van der Waals surface area (Å²) >= 11 is 0. The lowest BCUT2D eigenvalue weighted by molar-refractivity contribution is -0.119. The van der Waals surface area contributed by atoms with Crippen LogP contribution in [0, 0.1) is 0 Å². The maximum Gasteiger partial charge on any atom is 0.264 e. The van der Waals surface area contributed by atoms with Crippen molar-refractivity contribution >= 4 is 39.4 Å². The molecule has 0 saturated carbocycles. The van der Waals surface area contributed by atoms with Gasteiger partial charge in [-0.2, -0.15) is 5.10 Å². The Labute approximate surface area is 257 Å². The van der Waals surface area contributed by atoms with Gasteiger partial charge in [-0.05, 0) is 77.7 Å². The number of carbonyl (C=O) groups is 2. The summed E-state index contributed by atoms with van der Waals surface area (Å²) in [5, 5.41) is 6.72. The van der Waals surface area contributed by atoms with Crippen molar-refractivity contribution < 1.29 is 27.5 Å². The normalized spacial score (nSPS) is 11.3. The van der Waals surface area contributed by atoms with Crippen LogP contribution in [0.15, 0.2) is 113 Å². The van der Waals surface area contributed by atoms with Gasteiger partial charge in [0.1, 0.15) is 18.0 Å². The van der Waals surface area contributed by atoms with Crippen LogP contribution in [0.2, 0.25) is 0 Å². The molecule has 0 heterocycles. The molecular formula is C33H34N4O6S. The number of nitrogens with one attached hydrogen (secondary N) is 2. The standard InChI is InChI=1S/C33H34N4O6S/c1-24(2)26-15-17-27(18-16-26)37(44(40,41)29-9-5-4-6-10-29)22-32(38)36-34-21-25-13-19-28(20-14-25)43-23-33(39)35-30-11-7-8-12-31(30)42-3/h4-21,24H,22-23H2,1-3H3,(H,35,39)(H,36,38)/b34-21-. The van der Waals surface area contributed by atoms with Crippen molar-refractivity contribution in [2.45, 2.75) is 24.7 Å². The molecule has 4 aromatic rings. The molecule has 0 fully saturated rings. The second-order valence-electron chi connectivity index (χ2n) is 9.97. The van der Waals surface area contributed by atoms with E-state index >= 15 is 0 Å². The zero-order valence-corrected chi connectivity index (χ0v) is 25.5. The molecule has 0 unspecified atom stereocenters. The van der Waals surface area contributed by atoms with Gasteiger partial charge in [0.15, 0.2) is 6.61 Å². The van der Waals surface area contributed by atoms with E-state index in [4.69, 9.17) is 9.47 Å². The smallest absolute Gasteiger partial charge is 0.264 e. The Morgan fingerprint density at radius 1 is 0.864 bits per heavy atom. The number of hydrazone groups is 1. The molecule has 0 spiro atoms. The SMILES string of the molecule is COc1ccccc1NC(=O)COc1ccc(/C=N\NC(=O)CN(c2ccc(C(C)C)cc2)S(=O)(=O)c2ccccc2)cc1. The zero-order valence-electron chi connectivity index (χ0n) is 24.6. The maximum absolute atomic E-state index is 13.5. The third-order valence-corrected chi connectivity index (χ3v) is 8.29. The highest BCUT2D eigenvalue weighted by Gasteiger charge is 2.27. The molecule has 11 heteroatoms. The summed E-state index contributed by atoms with van der Waals surface area (Å²) in [6, 6.07) is 28.8. The van der Waals surface area contributed by atoms with Gasteiger partial charge in [0.2, 0.25) is 0 Å². The minimum Gasteiger partial charge on any atom is -0.495 e. The average molecular weight is 615 g/mol. The van der Waals surface area contributed by atoms with Crippen molar-refractivity contribution in [2.75, 3.05) is 29.9 Å². The number of sulfonamides is 1. The second-order valence-corrected chi connectivity index (χ2v) is 11.8. The van der Waals surface area contributed by atoms with Gasteiger partial charge in [-0.25, -0.2) is 13.8 Å². The fourth-order valence-corrected chi connectivity index (χ4v) is 5.58.